The van der Waals surface area contributed by atoms with Crippen molar-refractivity contribution >= 4 is 21.6 Å². The maximum Gasteiger partial charge on any atom is 0.240 e. The first kappa shape index (κ1) is 19.0. The van der Waals surface area contributed by atoms with Gasteiger partial charge in [-0.25, -0.2) is 13.1 Å². The normalized spacial score (nSPS) is 18.6. The van der Waals surface area contributed by atoms with Gasteiger partial charge in [0.05, 0.1) is 12.0 Å². The standard InChI is InChI=1S/C22H20ClNO3S/c1-27-19-10-4-17(5-11-19)21-14-22(21)24-28(25,26)20-12-6-16(7-13-20)15-2-8-18(23)9-3-15/h2-13,21-22,24H,14H2,1H3/t21-,22+/m0/s1. The zero-order valence-electron chi connectivity index (χ0n) is 15.3. The van der Waals surface area contributed by atoms with Gasteiger partial charge < -0.3 is 4.74 Å². The summed E-state index contributed by atoms with van der Waals surface area (Å²) in [5.41, 5.74) is 3.05. The fraction of sp³-hybridized carbons (Fsp3) is 0.182. The predicted octanol–water partition coefficient (Wildman–Crippen LogP) is 4.85. The van der Waals surface area contributed by atoms with Crippen molar-refractivity contribution < 1.29 is 13.2 Å². The van der Waals surface area contributed by atoms with Crippen LogP contribution < -0.4 is 9.46 Å². The quantitative estimate of drug-likeness (QED) is 0.628. The van der Waals surface area contributed by atoms with Gasteiger partial charge in [0.15, 0.2) is 0 Å². The number of sulfonamides is 1. The van der Waals surface area contributed by atoms with Crippen molar-refractivity contribution in [3.63, 3.8) is 0 Å². The molecule has 1 N–H and O–H groups in total. The minimum atomic E-state index is -3.55. The Bertz CT molecular complexity index is 1060. The molecule has 0 heterocycles. The van der Waals surface area contributed by atoms with Crippen LogP contribution in [-0.2, 0) is 10.0 Å². The fourth-order valence-electron chi connectivity index (χ4n) is 3.28. The molecule has 0 bridgehead atoms. The molecule has 1 aliphatic rings. The largest absolute Gasteiger partial charge is 0.497 e. The number of hydrogen-bond donors (Lipinski definition) is 1. The van der Waals surface area contributed by atoms with E-state index in [1.807, 2.05) is 60.7 Å². The molecule has 3 aromatic carbocycles. The summed E-state index contributed by atoms with van der Waals surface area (Å²) in [5.74, 6) is 0.997. The van der Waals surface area contributed by atoms with E-state index in [2.05, 4.69) is 4.72 Å². The zero-order valence-corrected chi connectivity index (χ0v) is 16.9. The molecule has 28 heavy (non-hydrogen) atoms. The summed E-state index contributed by atoms with van der Waals surface area (Å²) in [6, 6.07) is 22.0. The average molecular weight is 414 g/mol. The van der Waals surface area contributed by atoms with Crippen LogP contribution in [0.25, 0.3) is 11.1 Å². The minimum absolute atomic E-state index is 0.0747. The Morgan fingerprint density at radius 1 is 0.893 bits per heavy atom. The molecule has 4 nitrogen and oxygen atoms in total. The van der Waals surface area contributed by atoms with Gasteiger partial charge in [0.1, 0.15) is 5.75 Å². The number of hydrogen-bond acceptors (Lipinski definition) is 3. The van der Waals surface area contributed by atoms with E-state index < -0.39 is 10.0 Å². The van der Waals surface area contributed by atoms with Gasteiger partial charge >= 0.3 is 0 Å². The molecule has 1 aliphatic carbocycles. The van der Waals surface area contributed by atoms with Crippen LogP contribution in [0.5, 0.6) is 5.75 Å². The molecule has 0 aliphatic heterocycles. The van der Waals surface area contributed by atoms with E-state index in [1.54, 1.807) is 19.2 Å². The number of methoxy groups -OCH3 is 1. The topological polar surface area (TPSA) is 55.4 Å². The molecule has 0 unspecified atom stereocenters. The highest BCUT2D eigenvalue weighted by Gasteiger charge is 2.41. The maximum absolute atomic E-state index is 12.7. The third-order valence-corrected chi connectivity index (χ3v) is 6.74. The predicted molar refractivity (Wildman–Crippen MR) is 111 cm³/mol. The Balaban J connectivity index is 1.44. The highest BCUT2D eigenvalue weighted by atomic mass is 35.5. The second kappa shape index (κ2) is 7.59. The first-order valence-corrected chi connectivity index (χ1v) is 10.8. The van der Waals surface area contributed by atoms with E-state index in [-0.39, 0.29) is 16.9 Å². The third-order valence-electron chi connectivity index (χ3n) is 4.98. The molecule has 2 atom stereocenters. The molecular formula is C22H20ClNO3S. The first-order chi connectivity index (χ1) is 13.5. The van der Waals surface area contributed by atoms with Gasteiger partial charge in [-0.3, -0.25) is 0 Å². The van der Waals surface area contributed by atoms with Crippen molar-refractivity contribution in [3.05, 3.63) is 83.4 Å². The SMILES string of the molecule is COc1ccc([C@@H]2C[C@H]2NS(=O)(=O)c2ccc(-c3ccc(Cl)cc3)cc2)cc1. The van der Waals surface area contributed by atoms with Crippen molar-refractivity contribution in [1.29, 1.82) is 0 Å². The number of halogens is 1. The van der Waals surface area contributed by atoms with Gasteiger partial charge in [-0.2, -0.15) is 0 Å². The van der Waals surface area contributed by atoms with Crippen LogP contribution in [0.1, 0.15) is 17.9 Å². The lowest BCUT2D eigenvalue weighted by Crippen LogP contribution is -2.26. The molecular weight excluding hydrogens is 394 g/mol. The first-order valence-electron chi connectivity index (χ1n) is 8.98. The Morgan fingerprint density at radius 3 is 2.04 bits per heavy atom. The van der Waals surface area contributed by atoms with Crippen LogP contribution in [0.2, 0.25) is 5.02 Å². The van der Waals surface area contributed by atoms with Crippen LogP contribution in [0.4, 0.5) is 0 Å². The van der Waals surface area contributed by atoms with E-state index in [4.69, 9.17) is 16.3 Å². The summed E-state index contributed by atoms with van der Waals surface area (Å²) in [5, 5.41) is 0.669. The van der Waals surface area contributed by atoms with Crippen LogP contribution in [0, 0.1) is 0 Å². The van der Waals surface area contributed by atoms with Gasteiger partial charge in [-0.05, 0) is 59.5 Å². The third kappa shape index (κ3) is 4.07. The van der Waals surface area contributed by atoms with E-state index in [9.17, 15) is 8.42 Å². The monoisotopic (exact) mass is 413 g/mol. The molecule has 0 saturated heterocycles. The van der Waals surface area contributed by atoms with Crippen molar-refractivity contribution in [2.45, 2.75) is 23.3 Å². The van der Waals surface area contributed by atoms with Gasteiger partial charge in [0.2, 0.25) is 10.0 Å². The van der Waals surface area contributed by atoms with Crippen molar-refractivity contribution in [2.75, 3.05) is 7.11 Å². The van der Waals surface area contributed by atoms with E-state index in [1.165, 1.54) is 0 Å². The van der Waals surface area contributed by atoms with Crippen LogP contribution in [-0.4, -0.2) is 21.6 Å². The number of ether oxygens (including phenoxy) is 1. The fourth-order valence-corrected chi connectivity index (χ4v) is 4.70. The van der Waals surface area contributed by atoms with E-state index in [0.29, 0.717) is 5.02 Å². The molecule has 1 saturated carbocycles. The van der Waals surface area contributed by atoms with Crippen LogP contribution >= 0.6 is 11.6 Å². The van der Waals surface area contributed by atoms with Crippen molar-refractivity contribution in [3.8, 4) is 16.9 Å². The summed E-state index contributed by atoms with van der Waals surface area (Å²) < 4.78 is 33.4. The highest BCUT2D eigenvalue weighted by molar-refractivity contribution is 7.89. The zero-order chi connectivity index (χ0) is 19.7. The Morgan fingerprint density at radius 2 is 1.46 bits per heavy atom. The van der Waals surface area contributed by atoms with Crippen LogP contribution in [0.3, 0.4) is 0 Å². The second-order valence-electron chi connectivity index (χ2n) is 6.87. The number of rotatable bonds is 6. The van der Waals surface area contributed by atoms with Gasteiger partial charge in [0, 0.05) is 17.0 Å². The van der Waals surface area contributed by atoms with Crippen LogP contribution in [0.15, 0.2) is 77.7 Å². The smallest absolute Gasteiger partial charge is 0.240 e. The molecule has 3 aromatic rings. The van der Waals surface area contributed by atoms with E-state index in [0.717, 1.165) is 28.9 Å². The summed E-state index contributed by atoms with van der Waals surface area (Å²) >= 11 is 5.92. The average Bonchev–Trinajstić information content (AvgIpc) is 3.47. The summed E-state index contributed by atoms with van der Waals surface area (Å²) in [4.78, 5) is 0.269. The highest BCUT2D eigenvalue weighted by Crippen LogP contribution is 2.42. The van der Waals surface area contributed by atoms with Gasteiger partial charge in [-0.1, -0.05) is 48.0 Å². The van der Waals surface area contributed by atoms with E-state index >= 15 is 0 Å². The lowest BCUT2D eigenvalue weighted by molar-refractivity contribution is 0.414. The Kier molecular flexibility index (Phi) is 5.15. The summed E-state index contributed by atoms with van der Waals surface area (Å²) in [6.07, 6.45) is 0.800. The molecule has 1 fully saturated rings. The van der Waals surface area contributed by atoms with Gasteiger partial charge in [0.25, 0.3) is 0 Å². The molecule has 0 radical (unpaired) electrons. The van der Waals surface area contributed by atoms with Gasteiger partial charge in [-0.15, -0.1) is 0 Å². The molecule has 0 spiro atoms. The lowest BCUT2D eigenvalue weighted by Gasteiger charge is -2.08. The number of nitrogens with one attached hydrogen (secondary N) is 1. The molecule has 6 heteroatoms. The molecule has 4 rings (SSSR count). The molecule has 144 valence electrons. The summed E-state index contributed by atoms with van der Waals surface area (Å²) in [6.45, 7) is 0. The Labute approximate surface area is 170 Å². The number of benzene rings is 3. The molecule has 0 aromatic heterocycles. The molecule has 0 amide bonds. The van der Waals surface area contributed by atoms with Crippen molar-refractivity contribution in [1.82, 2.24) is 4.72 Å². The Hall–Kier alpha value is -2.34. The lowest BCUT2D eigenvalue weighted by atomic mass is 10.1. The second-order valence-corrected chi connectivity index (χ2v) is 9.02. The minimum Gasteiger partial charge on any atom is -0.497 e. The maximum atomic E-state index is 12.7. The summed E-state index contributed by atoms with van der Waals surface area (Å²) in [7, 11) is -1.93. The van der Waals surface area contributed by atoms with Crippen molar-refractivity contribution in [2.24, 2.45) is 0 Å².